The van der Waals surface area contributed by atoms with Crippen LogP contribution in [0.4, 0.5) is 4.39 Å². The second kappa shape index (κ2) is 7.72. The molecule has 0 saturated heterocycles. The summed E-state index contributed by atoms with van der Waals surface area (Å²) in [5, 5.41) is 3.26. The van der Waals surface area contributed by atoms with Crippen molar-refractivity contribution in [1.82, 2.24) is 5.32 Å². The zero-order valence-corrected chi connectivity index (χ0v) is 11.7. The standard InChI is InChI=1S/C14H22FNS/c1-11(2)9-17-10-13(16-3)8-12-6-4-5-7-14(12)15/h4-7,11,13,16H,8-10H2,1-3H3. The molecule has 0 radical (unpaired) electrons. The van der Waals surface area contributed by atoms with E-state index in [2.05, 4.69) is 19.2 Å². The van der Waals surface area contributed by atoms with Gasteiger partial charge in [-0.15, -0.1) is 0 Å². The maximum atomic E-state index is 13.5. The molecule has 17 heavy (non-hydrogen) atoms. The number of halogens is 1. The third-order valence-corrected chi connectivity index (χ3v) is 4.14. The molecule has 0 saturated carbocycles. The zero-order chi connectivity index (χ0) is 12.7. The molecule has 0 fully saturated rings. The van der Waals surface area contributed by atoms with E-state index in [-0.39, 0.29) is 5.82 Å². The van der Waals surface area contributed by atoms with E-state index in [4.69, 9.17) is 0 Å². The van der Waals surface area contributed by atoms with E-state index in [1.807, 2.05) is 30.9 Å². The lowest BCUT2D eigenvalue weighted by Gasteiger charge is -2.16. The van der Waals surface area contributed by atoms with Crippen LogP contribution in [0.5, 0.6) is 0 Å². The Bertz CT molecular complexity index is 328. The average Bonchev–Trinajstić information content (AvgIpc) is 2.30. The number of hydrogen-bond donors (Lipinski definition) is 1. The molecule has 0 aromatic heterocycles. The minimum atomic E-state index is -0.0957. The van der Waals surface area contributed by atoms with Crippen LogP contribution in [-0.2, 0) is 6.42 Å². The smallest absolute Gasteiger partial charge is 0.126 e. The molecule has 0 aliphatic carbocycles. The Morgan fingerprint density at radius 2 is 1.94 bits per heavy atom. The fraction of sp³-hybridized carbons (Fsp3) is 0.571. The molecule has 1 nitrogen and oxygen atoms in total. The van der Waals surface area contributed by atoms with E-state index < -0.39 is 0 Å². The second-order valence-corrected chi connectivity index (χ2v) is 5.79. The van der Waals surface area contributed by atoms with Crippen LogP contribution in [0.3, 0.4) is 0 Å². The van der Waals surface area contributed by atoms with Gasteiger partial charge in [-0.05, 0) is 36.8 Å². The van der Waals surface area contributed by atoms with Gasteiger partial charge >= 0.3 is 0 Å². The summed E-state index contributed by atoms with van der Waals surface area (Å²) in [5.74, 6) is 2.81. The SMILES string of the molecule is CNC(CSCC(C)C)Cc1ccccc1F. The highest BCUT2D eigenvalue weighted by atomic mass is 32.2. The molecule has 1 N–H and O–H groups in total. The van der Waals surface area contributed by atoms with Crippen LogP contribution in [0.25, 0.3) is 0 Å². The van der Waals surface area contributed by atoms with Crippen molar-refractivity contribution in [2.75, 3.05) is 18.6 Å². The van der Waals surface area contributed by atoms with Gasteiger partial charge in [0.05, 0.1) is 0 Å². The van der Waals surface area contributed by atoms with Crippen LogP contribution in [0.1, 0.15) is 19.4 Å². The summed E-state index contributed by atoms with van der Waals surface area (Å²) < 4.78 is 13.5. The average molecular weight is 255 g/mol. The molecular formula is C14H22FNS. The molecule has 1 rings (SSSR count). The summed E-state index contributed by atoms with van der Waals surface area (Å²) in [7, 11) is 1.95. The molecule has 0 aliphatic rings. The van der Waals surface area contributed by atoms with Crippen LogP contribution in [0.15, 0.2) is 24.3 Å². The number of benzene rings is 1. The van der Waals surface area contributed by atoms with Crippen molar-refractivity contribution < 1.29 is 4.39 Å². The molecule has 1 aromatic carbocycles. The predicted octanol–water partition coefficient (Wildman–Crippen LogP) is 3.35. The van der Waals surface area contributed by atoms with Gasteiger partial charge in [0.1, 0.15) is 5.82 Å². The molecule has 0 heterocycles. The second-order valence-electron chi connectivity index (χ2n) is 4.71. The first-order valence-electron chi connectivity index (χ1n) is 6.12. The van der Waals surface area contributed by atoms with Gasteiger partial charge in [0.15, 0.2) is 0 Å². The lowest BCUT2D eigenvalue weighted by molar-refractivity contribution is 0.568. The Hall–Kier alpha value is -0.540. The Morgan fingerprint density at radius 1 is 1.24 bits per heavy atom. The largest absolute Gasteiger partial charge is 0.316 e. The summed E-state index contributed by atoms with van der Waals surface area (Å²) in [5.41, 5.74) is 0.803. The van der Waals surface area contributed by atoms with Gasteiger partial charge < -0.3 is 5.32 Å². The van der Waals surface area contributed by atoms with Crippen molar-refractivity contribution in [3.8, 4) is 0 Å². The van der Waals surface area contributed by atoms with E-state index >= 15 is 0 Å². The molecule has 1 atom stereocenters. The fourth-order valence-corrected chi connectivity index (χ4v) is 2.80. The van der Waals surface area contributed by atoms with E-state index in [0.717, 1.165) is 23.5 Å². The first-order valence-corrected chi connectivity index (χ1v) is 7.27. The van der Waals surface area contributed by atoms with Gasteiger partial charge in [0.2, 0.25) is 0 Å². The van der Waals surface area contributed by atoms with Crippen molar-refractivity contribution in [1.29, 1.82) is 0 Å². The van der Waals surface area contributed by atoms with Crippen LogP contribution in [0.2, 0.25) is 0 Å². The van der Waals surface area contributed by atoms with Gasteiger partial charge in [0.25, 0.3) is 0 Å². The van der Waals surface area contributed by atoms with Gasteiger partial charge in [-0.2, -0.15) is 11.8 Å². The zero-order valence-electron chi connectivity index (χ0n) is 10.9. The van der Waals surface area contributed by atoms with Crippen molar-refractivity contribution in [2.45, 2.75) is 26.3 Å². The van der Waals surface area contributed by atoms with E-state index in [9.17, 15) is 4.39 Å². The first kappa shape index (κ1) is 14.5. The summed E-state index contributed by atoms with van der Waals surface area (Å²) in [6.07, 6.45) is 0.758. The topological polar surface area (TPSA) is 12.0 Å². The van der Waals surface area contributed by atoms with E-state index in [1.54, 1.807) is 6.07 Å². The van der Waals surface area contributed by atoms with Gasteiger partial charge in [-0.1, -0.05) is 32.0 Å². The van der Waals surface area contributed by atoms with Gasteiger partial charge in [-0.3, -0.25) is 0 Å². The normalized spacial score (nSPS) is 13.0. The molecule has 3 heteroatoms. The molecule has 1 unspecified atom stereocenters. The highest BCUT2D eigenvalue weighted by Gasteiger charge is 2.10. The minimum absolute atomic E-state index is 0.0957. The molecule has 0 aliphatic heterocycles. The molecular weight excluding hydrogens is 233 g/mol. The Balaban J connectivity index is 2.44. The molecule has 0 spiro atoms. The lowest BCUT2D eigenvalue weighted by atomic mass is 10.1. The number of thioether (sulfide) groups is 1. The van der Waals surface area contributed by atoms with Gasteiger partial charge in [0, 0.05) is 11.8 Å². The van der Waals surface area contributed by atoms with E-state index in [0.29, 0.717) is 12.0 Å². The van der Waals surface area contributed by atoms with Crippen LogP contribution in [0, 0.1) is 11.7 Å². The highest BCUT2D eigenvalue weighted by molar-refractivity contribution is 7.99. The number of hydrogen-bond acceptors (Lipinski definition) is 2. The Morgan fingerprint density at radius 3 is 2.53 bits per heavy atom. The van der Waals surface area contributed by atoms with E-state index in [1.165, 1.54) is 6.07 Å². The maximum Gasteiger partial charge on any atom is 0.126 e. The fourth-order valence-electron chi connectivity index (χ4n) is 1.62. The molecule has 0 amide bonds. The van der Waals surface area contributed by atoms with Crippen LogP contribution in [-0.4, -0.2) is 24.6 Å². The number of likely N-dealkylation sites (N-methyl/N-ethyl adjacent to an activating group) is 1. The molecule has 1 aromatic rings. The van der Waals surface area contributed by atoms with Crippen molar-refractivity contribution >= 4 is 11.8 Å². The third kappa shape index (κ3) is 5.55. The quantitative estimate of drug-likeness (QED) is 0.802. The predicted molar refractivity (Wildman–Crippen MR) is 75.1 cm³/mol. The maximum absolute atomic E-state index is 13.5. The van der Waals surface area contributed by atoms with Gasteiger partial charge in [-0.25, -0.2) is 4.39 Å². The summed E-state index contributed by atoms with van der Waals surface area (Å²) in [6.45, 7) is 4.44. The lowest BCUT2D eigenvalue weighted by Crippen LogP contribution is -2.30. The van der Waals surface area contributed by atoms with Crippen LogP contribution < -0.4 is 5.32 Å². The highest BCUT2D eigenvalue weighted by Crippen LogP contribution is 2.14. The van der Waals surface area contributed by atoms with Crippen molar-refractivity contribution in [2.24, 2.45) is 5.92 Å². The number of rotatable bonds is 7. The van der Waals surface area contributed by atoms with Crippen molar-refractivity contribution in [3.05, 3.63) is 35.6 Å². The van der Waals surface area contributed by atoms with Crippen LogP contribution >= 0.6 is 11.8 Å². The monoisotopic (exact) mass is 255 g/mol. The Labute approximate surface area is 108 Å². The van der Waals surface area contributed by atoms with Crippen molar-refractivity contribution in [3.63, 3.8) is 0 Å². The third-order valence-electron chi connectivity index (χ3n) is 2.60. The molecule has 96 valence electrons. The summed E-state index contributed by atoms with van der Waals surface area (Å²) in [4.78, 5) is 0. The molecule has 0 bridgehead atoms. The Kier molecular flexibility index (Phi) is 6.60. The minimum Gasteiger partial charge on any atom is -0.316 e. The summed E-state index contributed by atoms with van der Waals surface area (Å²) >= 11 is 1.93. The number of nitrogens with one attached hydrogen (secondary N) is 1. The first-order chi connectivity index (χ1) is 8.13. The summed E-state index contributed by atoms with van der Waals surface area (Å²) in [6, 6.07) is 7.37.